The zero-order valence-electron chi connectivity index (χ0n) is 7.06. The summed E-state index contributed by atoms with van der Waals surface area (Å²) in [7, 11) is 0. The Balaban J connectivity index is 3.68. The number of anilines is 1. The average Bonchev–Trinajstić information content (AvgIpc) is 2.15. The number of halogens is 4. The molecule has 0 bridgehead atoms. The molecule has 0 radical (unpaired) electrons. The SMILES string of the molecule is Nc1c(F)c(F)c([N+](=O)[O-])c(F)c1CF. The fourth-order valence-corrected chi connectivity index (χ4v) is 1.00. The van der Waals surface area contributed by atoms with E-state index < -0.39 is 46.0 Å². The van der Waals surface area contributed by atoms with Crippen molar-refractivity contribution in [1.29, 1.82) is 0 Å². The standard InChI is InChI=1S/C7H4F4N2O2/c8-1-2-3(9)7(13(14)15)5(11)4(10)6(2)12/h1,12H2. The van der Waals surface area contributed by atoms with Crippen LogP contribution in [0.2, 0.25) is 0 Å². The molecule has 0 atom stereocenters. The summed E-state index contributed by atoms with van der Waals surface area (Å²) >= 11 is 0. The third-order valence-electron chi connectivity index (χ3n) is 1.75. The van der Waals surface area contributed by atoms with Crippen LogP contribution in [-0.2, 0) is 6.67 Å². The van der Waals surface area contributed by atoms with Crippen LogP contribution in [0.15, 0.2) is 0 Å². The lowest BCUT2D eigenvalue weighted by Gasteiger charge is -2.06. The fourth-order valence-electron chi connectivity index (χ4n) is 1.00. The first-order chi connectivity index (χ1) is 6.91. The van der Waals surface area contributed by atoms with E-state index in [4.69, 9.17) is 5.73 Å². The van der Waals surface area contributed by atoms with E-state index in [0.717, 1.165) is 0 Å². The Bertz CT molecular complexity index is 436. The highest BCUT2D eigenvalue weighted by molar-refractivity contribution is 5.56. The molecule has 82 valence electrons. The molecule has 15 heavy (non-hydrogen) atoms. The van der Waals surface area contributed by atoms with E-state index in [0.29, 0.717) is 0 Å². The zero-order valence-corrected chi connectivity index (χ0v) is 7.06. The first kappa shape index (κ1) is 11.2. The second kappa shape index (κ2) is 3.71. The molecule has 0 amide bonds. The van der Waals surface area contributed by atoms with Gasteiger partial charge in [0.2, 0.25) is 11.6 Å². The Morgan fingerprint density at radius 2 is 1.73 bits per heavy atom. The normalized spacial score (nSPS) is 10.4. The number of nitrogen functional groups attached to an aromatic ring is 1. The molecule has 0 saturated heterocycles. The van der Waals surface area contributed by atoms with Gasteiger partial charge in [-0.05, 0) is 0 Å². The van der Waals surface area contributed by atoms with Gasteiger partial charge in [-0.25, -0.2) is 8.78 Å². The van der Waals surface area contributed by atoms with Gasteiger partial charge in [0.1, 0.15) is 6.67 Å². The molecular formula is C7H4F4N2O2. The van der Waals surface area contributed by atoms with Crippen LogP contribution < -0.4 is 5.73 Å². The number of nitro benzene ring substituents is 1. The Kier molecular flexibility index (Phi) is 2.78. The molecule has 8 heteroatoms. The van der Waals surface area contributed by atoms with Gasteiger partial charge >= 0.3 is 5.69 Å². The molecule has 1 aromatic rings. The molecule has 0 aromatic heterocycles. The van der Waals surface area contributed by atoms with Gasteiger partial charge in [-0.3, -0.25) is 10.1 Å². The highest BCUT2D eigenvalue weighted by atomic mass is 19.2. The van der Waals surface area contributed by atoms with Gasteiger partial charge in [0.25, 0.3) is 0 Å². The van der Waals surface area contributed by atoms with Crippen molar-refractivity contribution in [2.75, 3.05) is 5.73 Å². The lowest BCUT2D eigenvalue weighted by Crippen LogP contribution is -2.08. The smallest absolute Gasteiger partial charge is 0.343 e. The predicted molar refractivity (Wildman–Crippen MR) is 42.2 cm³/mol. The van der Waals surface area contributed by atoms with Crippen molar-refractivity contribution >= 4 is 11.4 Å². The third-order valence-corrected chi connectivity index (χ3v) is 1.75. The molecule has 0 aliphatic carbocycles. The minimum atomic E-state index is -2.04. The first-order valence-corrected chi connectivity index (χ1v) is 3.57. The number of alkyl halides is 1. The molecule has 2 N–H and O–H groups in total. The van der Waals surface area contributed by atoms with Gasteiger partial charge in [-0.2, -0.15) is 8.78 Å². The number of benzene rings is 1. The zero-order chi connectivity index (χ0) is 11.7. The highest BCUT2D eigenvalue weighted by Gasteiger charge is 2.31. The Hall–Kier alpha value is -1.86. The Labute approximate surface area is 80.5 Å². The molecule has 0 aliphatic rings. The lowest BCUT2D eigenvalue weighted by atomic mass is 10.1. The third kappa shape index (κ3) is 1.58. The topological polar surface area (TPSA) is 69.2 Å². The van der Waals surface area contributed by atoms with Crippen molar-refractivity contribution in [1.82, 2.24) is 0 Å². The Morgan fingerprint density at radius 3 is 2.13 bits per heavy atom. The number of hydrogen-bond acceptors (Lipinski definition) is 3. The largest absolute Gasteiger partial charge is 0.396 e. The number of rotatable bonds is 2. The second-order valence-electron chi connectivity index (χ2n) is 2.57. The minimum absolute atomic E-state index is 1.06. The van der Waals surface area contributed by atoms with Crippen LogP contribution in [-0.4, -0.2) is 4.92 Å². The summed E-state index contributed by atoms with van der Waals surface area (Å²) in [6, 6.07) is 0. The van der Waals surface area contributed by atoms with E-state index in [-0.39, 0.29) is 0 Å². The van der Waals surface area contributed by atoms with Crippen LogP contribution >= 0.6 is 0 Å². The summed E-state index contributed by atoms with van der Waals surface area (Å²) in [6.07, 6.45) is 0. The molecule has 0 aliphatic heterocycles. The summed E-state index contributed by atoms with van der Waals surface area (Å²) in [5.74, 6) is -5.65. The maximum atomic E-state index is 13.1. The molecular weight excluding hydrogens is 220 g/mol. The van der Waals surface area contributed by atoms with Crippen LogP contribution in [0.3, 0.4) is 0 Å². The summed E-state index contributed by atoms with van der Waals surface area (Å²) < 4.78 is 50.9. The van der Waals surface area contributed by atoms with Crippen molar-refractivity contribution in [2.45, 2.75) is 6.67 Å². The molecule has 0 fully saturated rings. The molecule has 1 aromatic carbocycles. The summed E-state index contributed by atoms with van der Waals surface area (Å²) in [6.45, 7) is -1.56. The summed E-state index contributed by atoms with van der Waals surface area (Å²) in [5, 5.41) is 10.2. The quantitative estimate of drug-likeness (QED) is 0.275. The van der Waals surface area contributed by atoms with Crippen LogP contribution in [0, 0.1) is 27.6 Å². The van der Waals surface area contributed by atoms with Crippen LogP contribution in [0.25, 0.3) is 0 Å². The van der Waals surface area contributed by atoms with Gasteiger partial charge < -0.3 is 5.73 Å². The van der Waals surface area contributed by atoms with Crippen LogP contribution in [0.1, 0.15) is 5.56 Å². The van der Waals surface area contributed by atoms with Crippen molar-refractivity contribution in [2.24, 2.45) is 0 Å². The van der Waals surface area contributed by atoms with Crippen molar-refractivity contribution in [3.8, 4) is 0 Å². The molecule has 0 unspecified atom stereocenters. The highest BCUT2D eigenvalue weighted by Crippen LogP contribution is 2.32. The maximum Gasteiger partial charge on any atom is 0.343 e. The lowest BCUT2D eigenvalue weighted by molar-refractivity contribution is -0.390. The van der Waals surface area contributed by atoms with E-state index in [1.165, 1.54) is 0 Å². The second-order valence-corrected chi connectivity index (χ2v) is 2.57. The monoisotopic (exact) mass is 224 g/mol. The maximum absolute atomic E-state index is 13.1. The fraction of sp³-hybridized carbons (Fsp3) is 0.143. The van der Waals surface area contributed by atoms with Crippen molar-refractivity contribution in [3.05, 3.63) is 33.1 Å². The predicted octanol–water partition coefficient (Wildman–Crippen LogP) is 2.06. The van der Waals surface area contributed by atoms with Gasteiger partial charge in [-0.15, -0.1) is 0 Å². The van der Waals surface area contributed by atoms with E-state index in [9.17, 15) is 27.7 Å². The first-order valence-electron chi connectivity index (χ1n) is 3.57. The van der Waals surface area contributed by atoms with Gasteiger partial charge in [0, 0.05) is 0 Å². The number of nitrogens with two attached hydrogens (primary N) is 1. The number of hydrogen-bond donors (Lipinski definition) is 1. The summed E-state index contributed by atoms with van der Waals surface area (Å²) in [4.78, 5) is 8.69. The van der Waals surface area contributed by atoms with Gasteiger partial charge in [0.15, 0.2) is 5.82 Å². The number of nitro groups is 1. The number of nitrogens with zero attached hydrogens (tertiary/aromatic N) is 1. The molecule has 0 saturated carbocycles. The molecule has 1 rings (SSSR count). The molecule has 4 nitrogen and oxygen atoms in total. The van der Waals surface area contributed by atoms with E-state index >= 15 is 0 Å². The van der Waals surface area contributed by atoms with Crippen LogP contribution in [0.4, 0.5) is 28.9 Å². The van der Waals surface area contributed by atoms with E-state index in [2.05, 4.69) is 0 Å². The minimum Gasteiger partial charge on any atom is -0.396 e. The molecule has 0 spiro atoms. The van der Waals surface area contributed by atoms with Crippen molar-refractivity contribution < 1.29 is 22.5 Å². The summed E-state index contributed by atoms with van der Waals surface area (Å²) in [5.41, 5.74) is 0.951. The van der Waals surface area contributed by atoms with E-state index in [1.807, 2.05) is 0 Å². The van der Waals surface area contributed by atoms with Gasteiger partial charge in [-0.1, -0.05) is 0 Å². The average molecular weight is 224 g/mol. The van der Waals surface area contributed by atoms with Crippen molar-refractivity contribution in [3.63, 3.8) is 0 Å². The molecule has 0 heterocycles. The van der Waals surface area contributed by atoms with Gasteiger partial charge in [0.05, 0.1) is 16.2 Å². The Morgan fingerprint density at radius 1 is 1.20 bits per heavy atom. The van der Waals surface area contributed by atoms with E-state index in [1.54, 1.807) is 0 Å². The van der Waals surface area contributed by atoms with Crippen LogP contribution in [0.5, 0.6) is 0 Å².